The minimum Gasteiger partial charge on any atom is -0.480 e. The lowest BCUT2D eigenvalue weighted by molar-refractivity contribution is -0.148. The van der Waals surface area contributed by atoms with Crippen LogP contribution in [0.4, 0.5) is 13.2 Å². The van der Waals surface area contributed by atoms with Gasteiger partial charge in [0.25, 0.3) is 0 Å². The van der Waals surface area contributed by atoms with Crippen molar-refractivity contribution >= 4 is 22.9 Å². The fourth-order valence-electron chi connectivity index (χ4n) is 1.94. The first-order chi connectivity index (χ1) is 10.2. The molecule has 0 spiro atoms. The minimum atomic E-state index is -4.72. The van der Waals surface area contributed by atoms with Crippen molar-refractivity contribution in [2.75, 3.05) is 0 Å². The van der Waals surface area contributed by atoms with Gasteiger partial charge < -0.3 is 15.0 Å². The Kier molecular flexibility index (Phi) is 4.07. The molecule has 9 heteroatoms. The third kappa shape index (κ3) is 3.18. The van der Waals surface area contributed by atoms with Crippen molar-refractivity contribution in [3.63, 3.8) is 0 Å². The number of hydrogen-bond donors (Lipinski definition) is 2. The lowest BCUT2D eigenvalue weighted by Gasteiger charge is -2.13. The molecular weight excluding hydrogens is 303 g/mol. The van der Waals surface area contributed by atoms with Gasteiger partial charge in [-0.15, -0.1) is 0 Å². The Labute approximate surface area is 122 Å². The molecule has 0 fully saturated rings. The second-order valence-electron chi connectivity index (χ2n) is 4.64. The Morgan fingerprint density at radius 1 is 1.36 bits per heavy atom. The normalized spacial score (nSPS) is 13.1. The molecule has 0 saturated heterocycles. The summed E-state index contributed by atoms with van der Waals surface area (Å²) in [5.41, 5.74) is 0.252. The standard InChI is InChI=1S/C13H12F3N3O3/c1-7(11(21)22)17-10(20)6-19-9-5-3-2-4-8(9)18-12(19)13(14,15)16/h2-5,7H,6H2,1H3,(H,17,20)(H,21,22)/t7-/m1/s1. The summed E-state index contributed by atoms with van der Waals surface area (Å²) >= 11 is 0. The van der Waals surface area contributed by atoms with Gasteiger partial charge >= 0.3 is 12.1 Å². The van der Waals surface area contributed by atoms with Crippen molar-refractivity contribution in [3.05, 3.63) is 30.1 Å². The summed E-state index contributed by atoms with van der Waals surface area (Å²) < 4.78 is 39.8. The Hall–Kier alpha value is -2.58. The van der Waals surface area contributed by atoms with Crippen LogP contribution in [-0.2, 0) is 22.3 Å². The third-order valence-corrected chi connectivity index (χ3v) is 2.96. The molecule has 1 aromatic heterocycles. The van der Waals surface area contributed by atoms with Gasteiger partial charge in [0.15, 0.2) is 0 Å². The van der Waals surface area contributed by atoms with Crippen LogP contribution in [0.15, 0.2) is 24.3 Å². The monoisotopic (exact) mass is 315 g/mol. The molecule has 0 unspecified atom stereocenters. The zero-order chi connectivity index (χ0) is 16.5. The predicted molar refractivity (Wildman–Crippen MR) is 70.0 cm³/mol. The van der Waals surface area contributed by atoms with Gasteiger partial charge in [-0.2, -0.15) is 13.2 Å². The zero-order valence-corrected chi connectivity index (χ0v) is 11.4. The molecule has 1 atom stereocenters. The molecule has 0 saturated carbocycles. The lowest BCUT2D eigenvalue weighted by atomic mass is 10.3. The molecule has 2 aromatic rings. The molecular formula is C13H12F3N3O3. The van der Waals surface area contributed by atoms with Crippen molar-refractivity contribution in [2.45, 2.75) is 25.7 Å². The highest BCUT2D eigenvalue weighted by Gasteiger charge is 2.38. The van der Waals surface area contributed by atoms with E-state index in [0.717, 1.165) is 4.57 Å². The van der Waals surface area contributed by atoms with E-state index in [1.165, 1.54) is 31.2 Å². The maximum Gasteiger partial charge on any atom is 0.449 e. The predicted octanol–water partition coefficient (Wildman–Crippen LogP) is 1.64. The average molecular weight is 315 g/mol. The van der Waals surface area contributed by atoms with Crippen LogP contribution in [0, 0.1) is 0 Å². The molecule has 0 aliphatic heterocycles. The number of hydrogen-bond acceptors (Lipinski definition) is 3. The Balaban J connectivity index is 2.37. The summed E-state index contributed by atoms with van der Waals surface area (Å²) in [6, 6.07) is 4.67. The number of halogens is 3. The summed E-state index contributed by atoms with van der Waals surface area (Å²) in [5, 5.41) is 10.8. The number of nitrogens with one attached hydrogen (secondary N) is 1. The molecule has 22 heavy (non-hydrogen) atoms. The molecule has 1 amide bonds. The van der Waals surface area contributed by atoms with E-state index in [2.05, 4.69) is 10.3 Å². The molecule has 0 aliphatic rings. The number of benzene rings is 1. The van der Waals surface area contributed by atoms with Crippen molar-refractivity contribution < 1.29 is 27.9 Å². The van der Waals surface area contributed by atoms with Crippen molar-refractivity contribution in [1.82, 2.24) is 14.9 Å². The van der Waals surface area contributed by atoms with E-state index in [9.17, 15) is 22.8 Å². The number of carbonyl (C=O) groups is 2. The Morgan fingerprint density at radius 3 is 2.59 bits per heavy atom. The van der Waals surface area contributed by atoms with Crippen molar-refractivity contribution in [2.24, 2.45) is 0 Å². The first kappa shape index (κ1) is 15.8. The van der Waals surface area contributed by atoms with Crippen LogP contribution in [0.5, 0.6) is 0 Å². The lowest BCUT2D eigenvalue weighted by Crippen LogP contribution is -2.40. The molecule has 0 bridgehead atoms. The number of aromatic nitrogens is 2. The topological polar surface area (TPSA) is 84.2 Å². The van der Waals surface area contributed by atoms with Gasteiger partial charge in [-0.25, -0.2) is 4.98 Å². The summed E-state index contributed by atoms with van der Waals surface area (Å²) in [5.74, 6) is -3.32. The van der Waals surface area contributed by atoms with Gasteiger partial charge in [-0.3, -0.25) is 9.59 Å². The third-order valence-electron chi connectivity index (χ3n) is 2.96. The van der Waals surface area contributed by atoms with E-state index in [1.807, 2.05) is 0 Å². The Bertz CT molecular complexity index is 724. The molecule has 118 valence electrons. The quantitative estimate of drug-likeness (QED) is 0.898. The highest BCUT2D eigenvalue weighted by atomic mass is 19.4. The van der Waals surface area contributed by atoms with Crippen LogP contribution in [0.3, 0.4) is 0 Å². The smallest absolute Gasteiger partial charge is 0.449 e. The number of aliphatic carboxylic acids is 1. The van der Waals surface area contributed by atoms with Gasteiger partial charge in [0, 0.05) is 0 Å². The highest BCUT2D eigenvalue weighted by molar-refractivity contribution is 5.85. The van der Waals surface area contributed by atoms with Crippen molar-refractivity contribution in [1.29, 1.82) is 0 Å². The van der Waals surface area contributed by atoms with Gasteiger partial charge in [0.05, 0.1) is 11.0 Å². The second-order valence-corrected chi connectivity index (χ2v) is 4.64. The summed E-state index contributed by atoms with van der Waals surface area (Å²) in [6.45, 7) is 0.546. The number of alkyl halides is 3. The molecule has 0 radical (unpaired) electrons. The maximum atomic E-state index is 13.0. The highest BCUT2D eigenvalue weighted by Crippen LogP contribution is 2.31. The van der Waals surface area contributed by atoms with E-state index >= 15 is 0 Å². The molecule has 1 aromatic carbocycles. The van der Waals surface area contributed by atoms with E-state index in [-0.39, 0.29) is 11.0 Å². The van der Waals surface area contributed by atoms with Gasteiger partial charge in [-0.05, 0) is 19.1 Å². The number of nitrogens with zero attached hydrogens (tertiary/aromatic N) is 2. The van der Waals surface area contributed by atoms with Crippen LogP contribution in [0.2, 0.25) is 0 Å². The van der Waals surface area contributed by atoms with E-state index in [0.29, 0.717) is 0 Å². The summed E-state index contributed by atoms with van der Waals surface area (Å²) in [6.07, 6.45) is -4.72. The van der Waals surface area contributed by atoms with Crippen molar-refractivity contribution in [3.8, 4) is 0 Å². The van der Waals surface area contributed by atoms with E-state index in [4.69, 9.17) is 5.11 Å². The molecule has 1 heterocycles. The molecule has 2 N–H and O–H groups in total. The van der Waals surface area contributed by atoms with Crippen LogP contribution < -0.4 is 5.32 Å². The molecule has 2 rings (SSSR count). The van der Waals surface area contributed by atoms with Gasteiger partial charge in [-0.1, -0.05) is 12.1 Å². The van der Waals surface area contributed by atoms with E-state index < -0.39 is 36.5 Å². The minimum absolute atomic E-state index is 0.105. The maximum absolute atomic E-state index is 13.0. The fourth-order valence-corrected chi connectivity index (χ4v) is 1.94. The summed E-state index contributed by atoms with van der Waals surface area (Å²) in [7, 11) is 0. The number of imidazole rings is 1. The van der Waals surface area contributed by atoms with E-state index in [1.54, 1.807) is 0 Å². The van der Waals surface area contributed by atoms with Crippen LogP contribution in [0.1, 0.15) is 12.7 Å². The number of para-hydroxylation sites is 2. The first-order valence-electron chi connectivity index (χ1n) is 6.25. The van der Waals surface area contributed by atoms with Gasteiger partial charge in [0.2, 0.25) is 11.7 Å². The number of carboxylic acids is 1. The van der Waals surface area contributed by atoms with Crippen LogP contribution in [0.25, 0.3) is 11.0 Å². The number of carbonyl (C=O) groups excluding carboxylic acids is 1. The zero-order valence-electron chi connectivity index (χ0n) is 11.4. The van der Waals surface area contributed by atoms with Gasteiger partial charge in [0.1, 0.15) is 12.6 Å². The molecule has 0 aliphatic carbocycles. The Morgan fingerprint density at radius 2 is 2.00 bits per heavy atom. The second kappa shape index (κ2) is 5.66. The van der Waals surface area contributed by atoms with Crippen LogP contribution >= 0.6 is 0 Å². The fraction of sp³-hybridized carbons (Fsp3) is 0.308. The average Bonchev–Trinajstić information content (AvgIpc) is 2.77. The SMILES string of the molecule is C[C@@H](NC(=O)Cn1c(C(F)(F)F)nc2ccccc21)C(=O)O. The van der Waals surface area contributed by atoms with Crippen LogP contribution in [-0.4, -0.2) is 32.6 Å². The summed E-state index contributed by atoms with van der Waals surface area (Å²) in [4.78, 5) is 25.9. The molecule has 6 nitrogen and oxygen atoms in total. The first-order valence-corrected chi connectivity index (χ1v) is 6.25. The number of rotatable bonds is 4. The number of fused-ring (bicyclic) bond motifs is 1. The number of amides is 1. The largest absolute Gasteiger partial charge is 0.480 e. The number of carboxylic acid groups (broad SMARTS) is 1.